The Morgan fingerprint density at radius 1 is 1.20 bits per heavy atom. The molecule has 4 nitrogen and oxygen atoms in total. The van der Waals surface area contributed by atoms with Crippen LogP contribution in [0, 0.1) is 17.8 Å². The first-order valence-electron chi connectivity index (χ1n) is 11.4. The molecule has 4 heteroatoms. The average Bonchev–Trinajstić information content (AvgIpc) is 3.23. The minimum Gasteiger partial charge on any atom is -0.303 e. The van der Waals surface area contributed by atoms with Crippen LogP contribution in [0.1, 0.15) is 80.3 Å². The number of nitrogens with zero attached hydrogens (tertiary/aromatic N) is 3. The SMILES string of the molecule is CCC(=O)c1ccc(C#CCCCN2CCC(Cn3cc(C(C)C)cn3)CC2)cc1. The molecule has 1 aliphatic heterocycles. The molecule has 2 aromatic rings. The maximum absolute atomic E-state index is 11.7. The van der Waals surface area contributed by atoms with Gasteiger partial charge in [-0.05, 0) is 68.4 Å². The third-order valence-electron chi connectivity index (χ3n) is 6.01. The van der Waals surface area contributed by atoms with E-state index in [-0.39, 0.29) is 5.78 Å². The van der Waals surface area contributed by atoms with Crippen molar-refractivity contribution in [2.45, 2.75) is 65.3 Å². The molecule has 0 amide bonds. The van der Waals surface area contributed by atoms with Gasteiger partial charge >= 0.3 is 0 Å². The molecular weight excluding hydrogens is 370 g/mol. The van der Waals surface area contributed by atoms with E-state index in [1.165, 1.54) is 31.5 Å². The molecule has 3 rings (SSSR count). The lowest BCUT2D eigenvalue weighted by Crippen LogP contribution is -2.35. The van der Waals surface area contributed by atoms with Crippen molar-refractivity contribution in [3.05, 3.63) is 53.3 Å². The van der Waals surface area contributed by atoms with Crippen LogP contribution in [0.5, 0.6) is 0 Å². The Kier molecular flexibility index (Phi) is 8.28. The largest absolute Gasteiger partial charge is 0.303 e. The number of ketones is 1. The summed E-state index contributed by atoms with van der Waals surface area (Å²) in [5.74, 6) is 7.98. The van der Waals surface area contributed by atoms with Crippen LogP contribution in [0.4, 0.5) is 0 Å². The fourth-order valence-electron chi connectivity index (χ4n) is 3.93. The first-order chi connectivity index (χ1) is 14.5. The summed E-state index contributed by atoms with van der Waals surface area (Å²) < 4.78 is 2.13. The monoisotopic (exact) mass is 405 g/mol. The zero-order chi connectivity index (χ0) is 21.3. The Balaban J connectivity index is 1.33. The Morgan fingerprint density at radius 3 is 2.57 bits per heavy atom. The van der Waals surface area contributed by atoms with E-state index in [2.05, 4.69) is 46.6 Å². The van der Waals surface area contributed by atoms with Crippen LogP contribution in [0.2, 0.25) is 0 Å². The summed E-state index contributed by atoms with van der Waals surface area (Å²) in [5.41, 5.74) is 3.10. The van der Waals surface area contributed by atoms with Gasteiger partial charge < -0.3 is 4.90 Å². The highest BCUT2D eigenvalue weighted by molar-refractivity contribution is 5.95. The van der Waals surface area contributed by atoms with Crippen molar-refractivity contribution in [3.63, 3.8) is 0 Å². The number of hydrogen-bond acceptors (Lipinski definition) is 3. The zero-order valence-electron chi connectivity index (χ0n) is 18.7. The number of piperidine rings is 1. The van der Waals surface area contributed by atoms with Crippen molar-refractivity contribution in [1.29, 1.82) is 0 Å². The van der Waals surface area contributed by atoms with Crippen molar-refractivity contribution in [2.24, 2.45) is 5.92 Å². The van der Waals surface area contributed by atoms with Crippen LogP contribution < -0.4 is 0 Å². The fraction of sp³-hybridized carbons (Fsp3) is 0.538. The van der Waals surface area contributed by atoms with E-state index in [4.69, 9.17) is 0 Å². The number of likely N-dealkylation sites (tertiary alicyclic amines) is 1. The molecule has 0 bridgehead atoms. The van der Waals surface area contributed by atoms with Gasteiger partial charge in [-0.3, -0.25) is 9.48 Å². The number of benzene rings is 1. The molecule has 0 unspecified atom stereocenters. The number of rotatable bonds is 8. The van der Waals surface area contributed by atoms with Crippen molar-refractivity contribution in [3.8, 4) is 11.8 Å². The quantitative estimate of drug-likeness (QED) is 0.347. The summed E-state index contributed by atoms with van der Waals surface area (Å²) in [6.07, 6.45) is 9.31. The topological polar surface area (TPSA) is 38.1 Å². The maximum atomic E-state index is 11.7. The molecule has 1 aromatic carbocycles. The molecule has 1 aliphatic rings. The summed E-state index contributed by atoms with van der Waals surface area (Å²) in [5, 5.41) is 4.53. The summed E-state index contributed by atoms with van der Waals surface area (Å²) in [4.78, 5) is 14.2. The van der Waals surface area contributed by atoms with Gasteiger partial charge in [-0.2, -0.15) is 5.10 Å². The molecule has 30 heavy (non-hydrogen) atoms. The van der Waals surface area contributed by atoms with Gasteiger partial charge in [0.05, 0.1) is 6.20 Å². The van der Waals surface area contributed by atoms with Crippen LogP contribution in [0.25, 0.3) is 0 Å². The Hall–Kier alpha value is -2.38. The van der Waals surface area contributed by atoms with Crippen molar-refractivity contribution in [2.75, 3.05) is 19.6 Å². The number of Topliss-reactive ketones (excluding diaryl/α,β-unsaturated/α-hetero) is 1. The molecular formula is C26H35N3O. The normalized spacial score (nSPS) is 15.2. The second-order valence-electron chi connectivity index (χ2n) is 8.69. The maximum Gasteiger partial charge on any atom is 0.162 e. The van der Waals surface area contributed by atoms with Gasteiger partial charge in [0, 0.05) is 36.7 Å². The fourth-order valence-corrected chi connectivity index (χ4v) is 3.93. The Bertz CT molecular complexity index is 862. The van der Waals surface area contributed by atoms with Gasteiger partial charge in [-0.1, -0.05) is 44.7 Å². The highest BCUT2D eigenvalue weighted by atomic mass is 16.1. The Morgan fingerprint density at radius 2 is 1.93 bits per heavy atom. The van der Waals surface area contributed by atoms with E-state index >= 15 is 0 Å². The van der Waals surface area contributed by atoms with Crippen LogP contribution in [-0.4, -0.2) is 40.1 Å². The van der Waals surface area contributed by atoms with Crippen molar-refractivity contribution < 1.29 is 4.79 Å². The second-order valence-corrected chi connectivity index (χ2v) is 8.69. The van der Waals surface area contributed by atoms with E-state index in [0.717, 1.165) is 43.0 Å². The van der Waals surface area contributed by atoms with Crippen LogP contribution in [0.15, 0.2) is 36.7 Å². The van der Waals surface area contributed by atoms with E-state index in [0.29, 0.717) is 12.3 Å². The van der Waals surface area contributed by atoms with E-state index in [1.807, 2.05) is 37.4 Å². The lowest BCUT2D eigenvalue weighted by Gasteiger charge is -2.31. The molecule has 0 saturated carbocycles. The number of aromatic nitrogens is 2. The molecule has 0 N–H and O–H groups in total. The van der Waals surface area contributed by atoms with E-state index in [9.17, 15) is 4.79 Å². The first-order valence-corrected chi connectivity index (χ1v) is 11.4. The third-order valence-corrected chi connectivity index (χ3v) is 6.01. The number of unbranched alkanes of at least 4 members (excludes halogenated alkanes) is 1. The van der Waals surface area contributed by atoms with Crippen molar-refractivity contribution >= 4 is 5.78 Å². The minimum atomic E-state index is 0.184. The van der Waals surface area contributed by atoms with Gasteiger partial charge in [0.1, 0.15) is 0 Å². The van der Waals surface area contributed by atoms with Crippen LogP contribution in [0.3, 0.4) is 0 Å². The van der Waals surface area contributed by atoms with Gasteiger partial charge in [-0.15, -0.1) is 0 Å². The average molecular weight is 406 g/mol. The molecule has 1 saturated heterocycles. The van der Waals surface area contributed by atoms with E-state index < -0.39 is 0 Å². The lowest BCUT2D eigenvalue weighted by atomic mass is 9.96. The predicted octanol–water partition coefficient (Wildman–Crippen LogP) is 5.14. The van der Waals surface area contributed by atoms with Gasteiger partial charge in [-0.25, -0.2) is 0 Å². The minimum absolute atomic E-state index is 0.184. The molecule has 0 radical (unpaired) electrons. The molecule has 160 valence electrons. The second kappa shape index (κ2) is 11.1. The van der Waals surface area contributed by atoms with Crippen LogP contribution in [-0.2, 0) is 6.54 Å². The summed E-state index contributed by atoms with van der Waals surface area (Å²) in [7, 11) is 0. The predicted molar refractivity (Wildman–Crippen MR) is 123 cm³/mol. The van der Waals surface area contributed by atoms with Crippen molar-refractivity contribution in [1.82, 2.24) is 14.7 Å². The molecule has 0 aliphatic carbocycles. The third kappa shape index (κ3) is 6.57. The van der Waals surface area contributed by atoms with Crippen LogP contribution >= 0.6 is 0 Å². The lowest BCUT2D eigenvalue weighted by molar-refractivity contribution is 0.0988. The smallest absolute Gasteiger partial charge is 0.162 e. The first kappa shape index (κ1) is 22.3. The number of carbonyl (C=O) groups is 1. The summed E-state index contributed by atoms with van der Waals surface area (Å²) >= 11 is 0. The molecule has 0 atom stereocenters. The number of hydrogen-bond donors (Lipinski definition) is 0. The molecule has 0 spiro atoms. The molecule has 1 aromatic heterocycles. The van der Waals surface area contributed by atoms with Gasteiger partial charge in [0.25, 0.3) is 0 Å². The highest BCUT2D eigenvalue weighted by Gasteiger charge is 2.19. The van der Waals surface area contributed by atoms with E-state index in [1.54, 1.807) is 0 Å². The Labute approximate surface area is 181 Å². The number of carbonyl (C=O) groups excluding carboxylic acids is 1. The highest BCUT2D eigenvalue weighted by Crippen LogP contribution is 2.20. The molecule has 1 fully saturated rings. The summed E-state index contributed by atoms with van der Waals surface area (Å²) in [6, 6.07) is 7.66. The summed E-state index contributed by atoms with van der Waals surface area (Å²) in [6.45, 7) is 10.9. The molecule has 2 heterocycles. The standard InChI is InChI=1S/C26H35N3O/c1-4-26(30)24-11-9-22(10-12-24)8-6-5-7-15-28-16-13-23(14-17-28)19-29-20-25(18-27-29)21(2)3/h9-12,18,20-21,23H,4-5,7,13-17,19H2,1-3H3. The van der Waals surface area contributed by atoms with Gasteiger partial charge in [0.2, 0.25) is 0 Å². The zero-order valence-corrected chi connectivity index (χ0v) is 18.7. The van der Waals surface area contributed by atoms with Gasteiger partial charge in [0.15, 0.2) is 5.78 Å².